The van der Waals surface area contributed by atoms with Crippen molar-refractivity contribution >= 4 is 14.1 Å². The molecule has 20 heavy (non-hydrogen) atoms. The normalized spacial score (nSPS) is 24.1. The highest BCUT2D eigenvalue weighted by Crippen LogP contribution is 2.41. The third-order valence-corrected chi connectivity index (χ3v) is 9.31. The molecular formula is C17H26O2Si. The molecule has 1 aromatic rings. The zero-order valence-electron chi connectivity index (χ0n) is 13.3. The molecule has 2 nitrogen and oxygen atoms in total. The molecule has 0 spiro atoms. The maximum atomic E-state index is 12.3. The number of Topliss-reactive ketones (excluding diaryl/α,β-unsaturated/α-hetero) is 1. The van der Waals surface area contributed by atoms with Crippen LogP contribution >= 0.6 is 0 Å². The first-order valence-electron chi connectivity index (χ1n) is 7.46. The van der Waals surface area contributed by atoms with Crippen LogP contribution in [0.15, 0.2) is 30.3 Å². The topological polar surface area (TPSA) is 26.3 Å². The van der Waals surface area contributed by atoms with Gasteiger partial charge >= 0.3 is 0 Å². The highest BCUT2D eigenvalue weighted by atomic mass is 28.4. The summed E-state index contributed by atoms with van der Waals surface area (Å²) in [5.41, 5.74) is 1.27. The SMILES string of the molecule is CC(C)(C)[Si](C)(C)OC1CC(c2ccccc2)CC1=O. The number of carbonyl (C=O) groups is 1. The van der Waals surface area contributed by atoms with E-state index in [-0.39, 0.29) is 16.9 Å². The van der Waals surface area contributed by atoms with Crippen molar-refractivity contribution in [2.75, 3.05) is 0 Å². The van der Waals surface area contributed by atoms with Gasteiger partial charge in [-0.05, 0) is 36.0 Å². The molecule has 1 saturated carbocycles. The van der Waals surface area contributed by atoms with Crippen LogP contribution in [0.4, 0.5) is 0 Å². The molecule has 3 heteroatoms. The molecule has 0 aliphatic heterocycles. The summed E-state index contributed by atoms with van der Waals surface area (Å²) in [6.07, 6.45) is 1.28. The van der Waals surface area contributed by atoms with E-state index in [1.807, 2.05) is 18.2 Å². The molecule has 0 radical (unpaired) electrons. The van der Waals surface area contributed by atoms with Gasteiger partial charge in [-0.15, -0.1) is 0 Å². The molecule has 0 aromatic heterocycles. The Labute approximate surface area is 123 Å². The molecule has 1 aliphatic carbocycles. The number of ketones is 1. The van der Waals surface area contributed by atoms with Gasteiger partial charge in [-0.1, -0.05) is 51.1 Å². The first-order valence-corrected chi connectivity index (χ1v) is 10.4. The minimum absolute atomic E-state index is 0.151. The van der Waals surface area contributed by atoms with Gasteiger partial charge < -0.3 is 4.43 Å². The van der Waals surface area contributed by atoms with Crippen LogP contribution in [-0.4, -0.2) is 20.2 Å². The fourth-order valence-electron chi connectivity index (χ4n) is 2.47. The lowest BCUT2D eigenvalue weighted by Crippen LogP contribution is -2.44. The van der Waals surface area contributed by atoms with Crippen molar-refractivity contribution in [1.29, 1.82) is 0 Å². The lowest BCUT2D eigenvalue weighted by molar-refractivity contribution is -0.123. The third kappa shape index (κ3) is 3.21. The van der Waals surface area contributed by atoms with Crippen LogP contribution < -0.4 is 0 Å². The average molecular weight is 290 g/mol. The van der Waals surface area contributed by atoms with Crippen molar-refractivity contribution in [3.05, 3.63) is 35.9 Å². The minimum Gasteiger partial charge on any atom is -0.407 e. The van der Waals surface area contributed by atoms with E-state index in [1.165, 1.54) is 5.56 Å². The Morgan fingerprint density at radius 2 is 1.75 bits per heavy atom. The van der Waals surface area contributed by atoms with Crippen LogP contribution in [0.3, 0.4) is 0 Å². The first kappa shape index (κ1) is 15.5. The van der Waals surface area contributed by atoms with Crippen LogP contribution in [0.2, 0.25) is 18.1 Å². The molecule has 110 valence electrons. The largest absolute Gasteiger partial charge is 0.407 e. The predicted octanol–water partition coefficient (Wildman–Crippen LogP) is 4.52. The summed E-state index contributed by atoms with van der Waals surface area (Å²) >= 11 is 0. The quantitative estimate of drug-likeness (QED) is 0.765. The maximum Gasteiger partial charge on any atom is 0.193 e. The molecular weight excluding hydrogens is 264 g/mol. The maximum absolute atomic E-state index is 12.3. The zero-order valence-corrected chi connectivity index (χ0v) is 14.3. The Morgan fingerprint density at radius 3 is 2.30 bits per heavy atom. The van der Waals surface area contributed by atoms with Crippen LogP contribution in [-0.2, 0) is 9.22 Å². The van der Waals surface area contributed by atoms with Gasteiger partial charge in [0.15, 0.2) is 14.1 Å². The summed E-state index contributed by atoms with van der Waals surface area (Å²) in [6, 6.07) is 10.3. The van der Waals surface area contributed by atoms with E-state index in [1.54, 1.807) is 0 Å². The number of benzene rings is 1. The lowest BCUT2D eigenvalue weighted by Gasteiger charge is -2.38. The van der Waals surface area contributed by atoms with Gasteiger partial charge in [0.05, 0.1) is 0 Å². The second-order valence-electron chi connectivity index (χ2n) is 7.38. The number of rotatable bonds is 3. The van der Waals surface area contributed by atoms with Crippen LogP contribution in [0.5, 0.6) is 0 Å². The van der Waals surface area contributed by atoms with Gasteiger partial charge in [0.2, 0.25) is 0 Å². The summed E-state index contributed by atoms with van der Waals surface area (Å²) in [5, 5.41) is 0.151. The highest BCUT2D eigenvalue weighted by molar-refractivity contribution is 6.74. The first-order chi connectivity index (χ1) is 9.21. The van der Waals surface area contributed by atoms with Gasteiger partial charge in [0, 0.05) is 6.42 Å². The van der Waals surface area contributed by atoms with Crippen molar-refractivity contribution in [3.8, 4) is 0 Å². The molecule has 2 atom stereocenters. The van der Waals surface area contributed by atoms with E-state index in [4.69, 9.17) is 4.43 Å². The van der Waals surface area contributed by atoms with E-state index in [0.717, 1.165) is 6.42 Å². The molecule has 0 saturated heterocycles. The van der Waals surface area contributed by atoms with Crippen molar-refractivity contribution < 1.29 is 9.22 Å². The summed E-state index contributed by atoms with van der Waals surface area (Å²) in [6.45, 7) is 11.1. The van der Waals surface area contributed by atoms with E-state index >= 15 is 0 Å². The standard InChI is InChI=1S/C17H26O2Si/c1-17(2,3)20(4,5)19-16-12-14(11-15(16)18)13-9-7-6-8-10-13/h6-10,14,16H,11-12H2,1-5H3. The molecule has 0 N–H and O–H groups in total. The highest BCUT2D eigenvalue weighted by Gasteiger charge is 2.43. The summed E-state index contributed by atoms with van der Waals surface area (Å²) in [5.74, 6) is 0.613. The fraction of sp³-hybridized carbons (Fsp3) is 0.588. The second-order valence-corrected chi connectivity index (χ2v) is 12.1. The second kappa shape index (κ2) is 5.45. The Hall–Kier alpha value is -0.933. The van der Waals surface area contributed by atoms with Crippen molar-refractivity contribution in [1.82, 2.24) is 0 Å². The minimum atomic E-state index is -1.86. The van der Waals surface area contributed by atoms with Gasteiger partial charge in [-0.25, -0.2) is 0 Å². The molecule has 2 rings (SSSR count). The van der Waals surface area contributed by atoms with Crippen molar-refractivity contribution in [2.24, 2.45) is 0 Å². The van der Waals surface area contributed by atoms with Gasteiger partial charge in [0.1, 0.15) is 6.10 Å². The number of hydrogen-bond donors (Lipinski definition) is 0. The summed E-state index contributed by atoms with van der Waals surface area (Å²) < 4.78 is 6.32. The lowest BCUT2D eigenvalue weighted by atomic mass is 9.98. The smallest absolute Gasteiger partial charge is 0.193 e. The molecule has 0 bridgehead atoms. The van der Waals surface area contributed by atoms with Crippen molar-refractivity contribution in [3.63, 3.8) is 0 Å². The van der Waals surface area contributed by atoms with Crippen molar-refractivity contribution in [2.45, 2.75) is 63.8 Å². The van der Waals surface area contributed by atoms with Crippen LogP contribution in [0, 0.1) is 0 Å². The molecule has 2 unspecified atom stereocenters. The number of hydrogen-bond acceptors (Lipinski definition) is 2. The Morgan fingerprint density at radius 1 is 1.15 bits per heavy atom. The summed E-state index contributed by atoms with van der Waals surface area (Å²) in [7, 11) is -1.86. The summed E-state index contributed by atoms with van der Waals surface area (Å²) in [4.78, 5) is 12.3. The van der Waals surface area contributed by atoms with E-state index < -0.39 is 8.32 Å². The van der Waals surface area contributed by atoms with E-state index in [2.05, 4.69) is 46.0 Å². The van der Waals surface area contributed by atoms with Crippen LogP contribution in [0.1, 0.15) is 45.1 Å². The Bertz CT molecular complexity index is 474. The molecule has 0 heterocycles. The Kier molecular flexibility index (Phi) is 4.21. The fourth-order valence-corrected chi connectivity index (χ4v) is 3.77. The average Bonchev–Trinajstić information content (AvgIpc) is 2.70. The van der Waals surface area contributed by atoms with E-state index in [0.29, 0.717) is 12.3 Å². The Balaban J connectivity index is 2.07. The molecule has 0 amide bonds. The molecule has 1 fully saturated rings. The number of carbonyl (C=O) groups excluding carboxylic acids is 1. The molecule has 1 aliphatic rings. The predicted molar refractivity (Wildman–Crippen MR) is 85.5 cm³/mol. The van der Waals surface area contributed by atoms with Crippen LogP contribution in [0.25, 0.3) is 0 Å². The zero-order chi connectivity index (χ0) is 15.0. The third-order valence-electron chi connectivity index (χ3n) is 4.82. The molecule has 1 aromatic carbocycles. The van der Waals surface area contributed by atoms with Gasteiger partial charge in [-0.3, -0.25) is 4.79 Å². The monoisotopic (exact) mass is 290 g/mol. The van der Waals surface area contributed by atoms with Gasteiger partial charge in [-0.2, -0.15) is 0 Å². The van der Waals surface area contributed by atoms with E-state index in [9.17, 15) is 4.79 Å². The van der Waals surface area contributed by atoms with Gasteiger partial charge in [0.25, 0.3) is 0 Å².